The van der Waals surface area contributed by atoms with E-state index in [1.165, 1.54) is 5.31 Å². The number of allylic oxidation sites excluding steroid dienone is 4. The summed E-state index contributed by atoms with van der Waals surface area (Å²) in [5.74, 6) is -1.09. The van der Waals surface area contributed by atoms with Crippen molar-refractivity contribution in [1.82, 2.24) is 5.32 Å². The molecule has 0 aliphatic heterocycles. The molecule has 1 aromatic carbocycles. The molecule has 2 rings (SSSR count). The van der Waals surface area contributed by atoms with Crippen molar-refractivity contribution >= 4 is 35.2 Å². The average Bonchev–Trinajstić information content (AvgIpc) is 3.12. The Kier molecular flexibility index (Phi) is 7.01. The number of amides is 1. The van der Waals surface area contributed by atoms with E-state index in [0.717, 1.165) is 11.7 Å². The van der Waals surface area contributed by atoms with Gasteiger partial charge in [0.15, 0.2) is 0 Å². The second-order valence-electron chi connectivity index (χ2n) is 7.41. The molecule has 5 nitrogen and oxygen atoms in total. The highest BCUT2D eigenvalue weighted by Gasteiger charge is 2.29. The molecule has 146 valence electrons. The standard InChI is InChI=1S/C20H26NO4PS/c1-20(2,3)25-19(24)21-17(18(22)23)13-14-26(27,16-11-7-8-12-16)15-9-5-4-6-10-15/h4-11,17H,12-14H2,1-3H3,(H,21,24)(H,22,23)/t17-,26?/m0/s1. The van der Waals surface area contributed by atoms with Gasteiger partial charge in [-0.05, 0) is 50.4 Å². The number of carbonyl (C=O) groups is 2. The lowest BCUT2D eigenvalue weighted by Crippen LogP contribution is -2.44. The lowest BCUT2D eigenvalue weighted by atomic mass is 10.2. The first-order chi connectivity index (χ1) is 12.6. The minimum atomic E-state index is -2.12. The Morgan fingerprint density at radius 1 is 1.30 bits per heavy atom. The van der Waals surface area contributed by atoms with Gasteiger partial charge < -0.3 is 15.2 Å². The maximum absolute atomic E-state index is 12.0. The van der Waals surface area contributed by atoms with Gasteiger partial charge in [-0.3, -0.25) is 0 Å². The van der Waals surface area contributed by atoms with Crippen LogP contribution in [0.5, 0.6) is 0 Å². The Morgan fingerprint density at radius 2 is 1.96 bits per heavy atom. The number of carboxylic acid groups (broad SMARTS) is 1. The Balaban J connectivity index is 2.16. The summed E-state index contributed by atoms with van der Waals surface area (Å²) >= 11 is 6.10. The molecule has 27 heavy (non-hydrogen) atoms. The summed E-state index contributed by atoms with van der Waals surface area (Å²) < 4.78 is 5.18. The van der Waals surface area contributed by atoms with Crippen LogP contribution >= 0.6 is 6.04 Å². The van der Waals surface area contributed by atoms with Crippen LogP contribution in [0.25, 0.3) is 0 Å². The Labute approximate surface area is 165 Å². The number of hydrogen-bond donors (Lipinski definition) is 2. The van der Waals surface area contributed by atoms with Crippen LogP contribution in [0.2, 0.25) is 0 Å². The first-order valence-corrected chi connectivity index (χ1v) is 11.8. The van der Waals surface area contributed by atoms with Crippen molar-refractivity contribution in [2.45, 2.75) is 45.3 Å². The third-order valence-corrected chi connectivity index (χ3v) is 9.27. The second-order valence-corrected chi connectivity index (χ2v) is 12.3. The molecule has 1 amide bonds. The zero-order chi connectivity index (χ0) is 20.1. The SMILES string of the molecule is CC(C)(C)OC(=O)N[C@@H](CCP(=S)(C1=CC=CC1)c1ccccc1)C(=O)O. The molecule has 1 aromatic rings. The van der Waals surface area contributed by atoms with Gasteiger partial charge in [0, 0.05) is 6.04 Å². The molecule has 0 saturated heterocycles. The van der Waals surface area contributed by atoms with Gasteiger partial charge in [-0.25, -0.2) is 9.59 Å². The highest BCUT2D eigenvalue weighted by molar-refractivity contribution is 8.20. The smallest absolute Gasteiger partial charge is 0.408 e. The quantitative estimate of drug-likeness (QED) is 0.668. The molecule has 7 heteroatoms. The van der Waals surface area contributed by atoms with Crippen LogP contribution < -0.4 is 10.6 Å². The summed E-state index contributed by atoms with van der Waals surface area (Å²) in [5.41, 5.74) is -0.688. The lowest BCUT2D eigenvalue weighted by Gasteiger charge is -2.27. The molecule has 2 atom stereocenters. The predicted octanol–water partition coefficient (Wildman–Crippen LogP) is 4.00. The topological polar surface area (TPSA) is 75.6 Å². The Bertz CT molecular complexity index is 796. The van der Waals surface area contributed by atoms with E-state index in [-0.39, 0.29) is 6.42 Å². The van der Waals surface area contributed by atoms with Gasteiger partial charge in [0.05, 0.1) is 0 Å². The average molecular weight is 407 g/mol. The largest absolute Gasteiger partial charge is 0.480 e. The van der Waals surface area contributed by atoms with Crippen LogP contribution in [0.15, 0.2) is 53.9 Å². The van der Waals surface area contributed by atoms with Crippen molar-refractivity contribution in [2.75, 3.05) is 6.16 Å². The third-order valence-electron chi connectivity index (χ3n) is 4.11. The van der Waals surface area contributed by atoms with Crippen molar-refractivity contribution in [3.05, 3.63) is 53.9 Å². The molecule has 0 fully saturated rings. The van der Waals surface area contributed by atoms with Crippen LogP contribution in [-0.4, -0.2) is 35.0 Å². The van der Waals surface area contributed by atoms with Gasteiger partial charge in [-0.2, -0.15) is 0 Å². The monoisotopic (exact) mass is 407 g/mol. The van der Waals surface area contributed by atoms with Crippen LogP contribution in [-0.2, 0) is 21.3 Å². The molecular weight excluding hydrogens is 381 g/mol. The number of rotatable bonds is 7. The number of benzene rings is 1. The van der Waals surface area contributed by atoms with E-state index in [1.54, 1.807) is 20.8 Å². The van der Waals surface area contributed by atoms with E-state index in [1.807, 2.05) is 42.5 Å². The van der Waals surface area contributed by atoms with E-state index in [0.29, 0.717) is 6.16 Å². The molecule has 2 N–H and O–H groups in total. The fraction of sp³-hybridized carbons (Fsp3) is 0.400. The molecule has 0 bridgehead atoms. The van der Waals surface area contributed by atoms with E-state index in [2.05, 4.69) is 11.4 Å². The number of aliphatic carboxylic acids is 1. The normalized spacial score (nSPS) is 16.9. The van der Waals surface area contributed by atoms with Gasteiger partial charge in [0.2, 0.25) is 0 Å². The molecule has 1 unspecified atom stereocenters. The molecule has 0 aromatic heterocycles. The van der Waals surface area contributed by atoms with Gasteiger partial charge in [0.25, 0.3) is 0 Å². The van der Waals surface area contributed by atoms with Gasteiger partial charge in [0.1, 0.15) is 11.6 Å². The zero-order valence-electron chi connectivity index (χ0n) is 15.8. The molecular formula is C20H26NO4PS. The number of carbonyl (C=O) groups excluding carboxylic acids is 1. The third kappa shape index (κ3) is 6.05. The summed E-state index contributed by atoms with van der Waals surface area (Å²) in [4.78, 5) is 23.6. The highest BCUT2D eigenvalue weighted by Crippen LogP contribution is 2.56. The van der Waals surface area contributed by atoms with E-state index >= 15 is 0 Å². The minimum Gasteiger partial charge on any atom is -0.480 e. The van der Waals surface area contributed by atoms with Crippen LogP contribution in [0.1, 0.15) is 33.6 Å². The molecule has 0 saturated carbocycles. The molecule has 0 radical (unpaired) electrons. The van der Waals surface area contributed by atoms with Crippen LogP contribution in [0.4, 0.5) is 4.79 Å². The fourth-order valence-electron chi connectivity index (χ4n) is 2.83. The lowest BCUT2D eigenvalue weighted by molar-refractivity contribution is -0.139. The predicted molar refractivity (Wildman–Crippen MR) is 112 cm³/mol. The van der Waals surface area contributed by atoms with E-state index < -0.39 is 29.7 Å². The van der Waals surface area contributed by atoms with Gasteiger partial charge >= 0.3 is 12.1 Å². The Hall–Kier alpha value is -1.91. The van der Waals surface area contributed by atoms with Gasteiger partial charge in [-0.15, -0.1) is 0 Å². The van der Waals surface area contributed by atoms with Crippen molar-refractivity contribution in [2.24, 2.45) is 0 Å². The molecule has 1 aliphatic rings. The first kappa shape index (κ1) is 21.4. The fourth-order valence-corrected chi connectivity index (χ4v) is 6.80. The summed E-state index contributed by atoms with van der Waals surface area (Å²) in [7, 11) is 0. The van der Waals surface area contributed by atoms with Crippen molar-refractivity contribution in [3.8, 4) is 0 Å². The van der Waals surface area contributed by atoms with Crippen molar-refractivity contribution < 1.29 is 19.4 Å². The maximum Gasteiger partial charge on any atom is 0.408 e. The summed E-state index contributed by atoms with van der Waals surface area (Å²) in [6.07, 6.45) is 6.93. The Morgan fingerprint density at radius 3 is 2.48 bits per heavy atom. The highest BCUT2D eigenvalue weighted by atomic mass is 32.4. The van der Waals surface area contributed by atoms with Crippen molar-refractivity contribution in [3.63, 3.8) is 0 Å². The summed E-state index contributed by atoms with van der Waals surface area (Å²) in [5, 5.41) is 14.2. The minimum absolute atomic E-state index is 0.248. The number of carboxylic acids is 1. The van der Waals surface area contributed by atoms with Crippen LogP contribution in [0, 0.1) is 0 Å². The number of ether oxygens (including phenoxy) is 1. The van der Waals surface area contributed by atoms with E-state index in [4.69, 9.17) is 16.5 Å². The zero-order valence-corrected chi connectivity index (χ0v) is 17.6. The first-order valence-electron chi connectivity index (χ1n) is 8.85. The number of alkyl carbamates (subject to hydrolysis) is 1. The number of nitrogens with one attached hydrogen (secondary N) is 1. The molecule has 0 spiro atoms. The molecule has 1 aliphatic carbocycles. The number of hydrogen-bond acceptors (Lipinski definition) is 4. The van der Waals surface area contributed by atoms with Gasteiger partial charge in [-0.1, -0.05) is 60.4 Å². The maximum atomic E-state index is 12.0. The summed E-state index contributed by atoms with van der Waals surface area (Å²) in [6.45, 7) is 5.20. The summed E-state index contributed by atoms with van der Waals surface area (Å²) in [6, 6.07) is 6.70. The second kappa shape index (κ2) is 8.85. The molecule has 0 heterocycles. The van der Waals surface area contributed by atoms with Crippen LogP contribution in [0.3, 0.4) is 0 Å². The van der Waals surface area contributed by atoms with Crippen molar-refractivity contribution in [1.29, 1.82) is 0 Å². The van der Waals surface area contributed by atoms with E-state index in [9.17, 15) is 14.7 Å².